The quantitative estimate of drug-likeness (QED) is 0.569. The highest BCUT2D eigenvalue weighted by atomic mass is 32.1. The van der Waals surface area contributed by atoms with Gasteiger partial charge in [0.1, 0.15) is 11.6 Å². The molecule has 1 rings (SSSR count). The molecule has 0 atom stereocenters. The van der Waals surface area contributed by atoms with Gasteiger partial charge in [0.2, 0.25) is 0 Å². The van der Waals surface area contributed by atoms with E-state index in [1.54, 1.807) is 6.07 Å². The van der Waals surface area contributed by atoms with Gasteiger partial charge in [-0.15, -0.1) is 12.6 Å². The molecule has 0 spiro atoms. The van der Waals surface area contributed by atoms with Crippen LogP contribution in [0.3, 0.4) is 0 Å². The highest BCUT2D eigenvalue weighted by molar-refractivity contribution is 7.80. The summed E-state index contributed by atoms with van der Waals surface area (Å²) in [6.07, 6.45) is 0. The lowest BCUT2D eigenvalue weighted by molar-refractivity contribution is 0.0595. The molecule has 72 valence electrons. The van der Waals surface area contributed by atoms with Crippen molar-refractivity contribution >= 4 is 18.6 Å². The summed E-state index contributed by atoms with van der Waals surface area (Å²) in [7, 11) is 1.14. The first kappa shape index (κ1) is 10.5. The maximum Gasteiger partial charge on any atom is 0.340 e. The fourth-order valence-electron chi connectivity index (χ4n) is 0.940. The maximum atomic E-state index is 13.4. The molecule has 0 heterocycles. The van der Waals surface area contributed by atoms with Gasteiger partial charge in [-0.05, 0) is 12.1 Å². The molecule has 14 heavy (non-hydrogen) atoms. The summed E-state index contributed by atoms with van der Waals surface area (Å²) < 4.78 is 17.7. The first-order valence-electron chi connectivity index (χ1n) is 3.61. The lowest BCUT2D eigenvalue weighted by atomic mass is 10.1. The second kappa shape index (κ2) is 4.11. The summed E-state index contributed by atoms with van der Waals surface area (Å²) >= 11 is 3.88. The average molecular weight is 211 g/mol. The van der Waals surface area contributed by atoms with E-state index in [0.29, 0.717) is 0 Å². The van der Waals surface area contributed by atoms with Crippen LogP contribution in [0.4, 0.5) is 4.39 Å². The molecule has 0 amide bonds. The van der Waals surface area contributed by atoms with Crippen LogP contribution in [0.25, 0.3) is 0 Å². The van der Waals surface area contributed by atoms with Crippen LogP contribution in [0.15, 0.2) is 17.0 Å². The van der Waals surface area contributed by atoms with Crippen molar-refractivity contribution in [1.29, 1.82) is 5.26 Å². The Morgan fingerprint density at radius 1 is 1.64 bits per heavy atom. The summed E-state index contributed by atoms with van der Waals surface area (Å²) in [6, 6.07) is 4.22. The first-order chi connectivity index (χ1) is 6.61. The molecule has 0 aromatic heterocycles. The molecule has 0 fully saturated rings. The number of thiol groups is 1. The van der Waals surface area contributed by atoms with Gasteiger partial charge in [0, 0.05) is 4.90 Å². The minimum atomic E-state index is -0.896. The van der Waals surface area contributed by atoms with Crippen LogP contribution in [0.5, 0.6) is 0 Å². The highest BCUT2D eigenvalue weighted by Crippen LogP contribution is 2.20. The van der Waals surface area contributed by atoms with Crippen LogP contribution in [0.1, 0.15) is 15.9 Å². The average Bonchev–Trinajstić information content (AvgIpc) is 2.18. The van der Waals surface area contributed by atoms with E-state index in [-0.39, 0.29) is 16.0 Å². The van der Waals surface area contributed by atoms with Crippen LogP contribution in [-0.4, -0.2) is 13.1 Å². The molecule has 0 N–H and O–H groups in total. The Balaban J connectivity index is 3.37. The number of rotatable bonds is 1. The first-order valence-corrected chi connectivity index (χ1v) is 4.06. The van der Waals surface area contributed by atoms with E-state index < -0.39 is 11.8 Å². The lowest BCUT2D eigenvalue weighted by Gasteiger charge is -2.03. The Bertz CT molecular complexity index is 426. The van der Waals surface area contributed by atoms with E-state index in [4.69, 9.17) is 5.26 Å². The number of halogens is 1. The van der Waals surface area contributed by atoms with E-state index in [1.165, 1.54) is 12.1 Å². The van der Waals surface area contributed by atoms with Gasteiger partial charge < -0.3 is 4.74 Å². The van der Waals surface area contributed by atoms with Crippen molar-refractivity contribution in [3.8, 4) is 6.07 Å². The number of hydrogen-bond acceptors (Lipinski definition) is 4. The largest absolute Gasteiger partial charge is 0.465 e. The molecule has 3 nitrogen and oxygen atoms in total. The SMILES string of the molecule is COC(=O)c1ccc(S)c(C#N)c1F. The highest BCUT2D eigenvalue weighted by Gasteiger charge is 2.17. The second-order valence-electron chi connectivity index (χ2n) is 2.42. The van der Waals surface area contributed by atoms with Gasteiger partial charge in [-0.25, -0.2) is 9.18 Å². The number of ether oxygens (including phenoxy) is 1. The van der Waals surface area contributed by atoms with Gasteiger partial charge in [0.25, 0.3) is 0 Å². The van der Waals surface area contributed by atoms with Crippen LogP contribution >= 0.6 is 12.6 Å². The molecule has 0 saturated carbocycles. The zero-order chi connectivity index (χ0) is 10.7. The maximum absolute atomic E-state index is 13.4. The van der Waals surface area contributed by atoms with Crippen LogP contribution in [-0.2, 0) is 4.74 Å². The molecule has 0 aliphatic rings. The number of esters is 1. The van der Waals surface area contributed by atoms with E-state index >= 15 is 0 Å². The molecular formula is C9H6FNO2S. The van der Waals surface area contributed by atoms with Gasteiger partial charge in [0.05, 0.1) is 12.7 Å². The molecule has 0 unspecified atom stereocenters. The Labute approximate surface area is 85.5 Å². The van der Waals surface area contributed by atoms with Crippen molar-refractivity contribution in [3.63, 3.8) is 0 Å². The summed E-state index contributed by atoms with van der Waals surface area (Å²) in [4.78, 5) is 11.2. The minimum absolute atomic E-state index is 0.192. The number of carbonyl (C=O) groups excluding carboxylic acids is 1. The van der Waals surface area contributed by atoms with Crippen LogP contribution in [0, 0.1) is 17.1 Å². The van der Waals surface area contributed by atoms with Gasteiger partial charge in [0.15, 0.2) is 5.82 Å². The van der Waals surface area contributed by atoms with Crippen LogP contribution in [0.2, 0.25) is 0 Å². The predicted molar refractivity (Wildman–Crippen MR) is 49.7 cm³/mol. The third-order valence-corrected chi connectivity index (χ3v) is 2.01. The summed E-state index contributed by atoms with van der Waals surface area (Å²) in [6.45, 7) is 0. The number of carbonyl (C=O) groups is 1. The minimum Gasteiger partial charge on any atom is -0.465 e. The predicted octanol–water partition coefficient (Wildman–Crippen LogP) is 1.77. The zero-order valence-electron chi connectivity index (χ0n) is 7.24. The van der Waals surface area contributed by atoms with E-state index in [1.807, 2.05) is 0 Å². The molecule has 0 aliphatic heterocycles. The van der Waals surface area contributed by atoms with Crippen molar-refractivity contribution in [2.45, 2.75) is 4.90 Å². The van der Waals surface area contributed by atoms with Crippen molar-refractivity contribution < 1.29 is 13.9 Å². The molecular weight excluding hydrogens is 205 g/mol. The number of nitriles is 1. The normalized spacial score (nSPS) is 9.29. The monoisotopic (exact) mass is 211 g/mol. The fourth-order valence-corrected chi connectivity index (χ4v) is 1.16. The Kier molecular flexibility index (Phi) is 3.10. The fraction of sp³-hybridized carbons (Fsp3) is 0.111. The molecule has 0 bridgehead atoms. The third kappa shape index (κ3) is 1.70. The molecule has 1 aromatic carbocycles. The van der Waals surface area contributed by atoms with E-state index in [9.17, 15) is 9.18 Å². The lowest BCUT2D eigenvalue weighted by Crippen LogP contribution is -2.06. The standard InChI is InChI=1S/C9H6FNO2S/c1-13-9(12)5-2-3-7(14)6(4-11)8(5)10/h2-3,14H,1H3. The Morgan fingerprint density at radius 3 is 2.79 bits per heavy atom. The topological polar surface area (TPSA) is 50.1 Å². The van der Waals surface area contributed by atoms with E-state index in [0.717, 1.165) is 7.11 Å². The number of hydrogen-bond donors (Lipinski definition) is 1. The van der Waals surface area contributed by atoms with Crippen molar-refractivity contribution in [2.75, 3.05) is 7.11 Å². The van der Waals surface area contributed by atoms with Crippen molar-refractivity contribution in [1.82, 2.24) is 0 Å². The van der Waals surface area contributed by atoms with Gasteiger partial charge in [-0.2, -0.15) is 5.26 Å². The van der Waals surface area contributed by atoms with E-state index in [2.05, 4.69) is 17.4 Å². The van der Waals surface area contributed by atoms with Gasteiger partial charge >= 0.3 is 5.97 Å². The number of benzene rings is 1. The number of nitrogens with zero attached hydrogens (tertiary/aromatic N) is 1. The molecule has 0 aliphatic carbocycles. The van der Waals surface area contributed by atoms with Crippen molar-refractivity contribution in [3.05, 3.63) is 29.1 Å². The van der Waals surface area contributed by atoms with Gasteiger partial charge in [-0.1, -0.05) is 0 Å². The second-order valence-corrected chi connectivity index (χ2v) is 2.91. The van der Waals surface area contributed by atoms with Crippen LogP contribution < -0.4 is 0 Å². The summed E-state index contributed by atoms with van der Waals surface area (Å²) in [5.74, 6) is -1.71. The molecule has 5 heteroatoms. The Hall–Kier alpha value is -1.54. The summed E-state index contributed by atoms with van der Waals surface area (Å²) in [5, 5.41) is 8.59. The Morgan fingerprint density at radius 2 is 2.29 bits per heavy atom. The molecule has 0 saturated heterocycles. The van der Waals surface area contributed by atoms with Gasteiger partial charge in [-0.3, -0.25) is 0 Å². The number of methoxy groups -OCH3 is 1. The summed E-state index contributed by atoms with van der Waals surface area (Å²) in [5.41, 5.74) is -0.516. The third-order valence-electron chi connectivity index (χ3n) is 1.64. The molecule has 0 radical (unpaired) electrons. The van der Waals surface area contributed by atoms with Crippen molar-refractivity contribution in [2.24, 2.45) is 0 Å². The smallest absolute Gasteiger partial charge is 0.340 e. The zero-order valence-corrected chi connectivity index (χ0v) is 8.14. The molecule has 1 aromatic rings.